The van der Waals surface area contributed by atoms with Gasteiger partial charge in [-0.15, -0.1) is 0 Å². The van der Waals surface area contributed by atoms with Crippen LogP contribution < -0.4 is 0 Å². The molecular formula is C15H21N3O4. The molecule has 120 valence electrons. The quantitative estimate of drug-likeness (QED) is 0.906. The summed E-state index contributed by atoms with van der Waals surface area (Å²) < 4.78 is 7.18. The molecule has 1 aromatic heterocycles. The van der Waals surface area contributed by atoms with E-state index in [1.807, 2.05) is 10.9 Å². The molecule has 0 spiro atoms. The molecule has 0 bridgehead atoms. The van der Waals surface area contributed by atoms with E-state index in [1.165, 1.54) is 12.8 Å². The molecule has 0 aromatic carbocycles. The van der Waals surface area contributed by atoms with Gasteiger partial charge < -0.3 is 14.7 Å². The number of carboxylic acid groups (broad SMARTS) is 1. The molecule has 7 heteroatoms. The SMILES string of the molecule is O=C(O)C[C@@H]1COCCN1C(=O)c1ccn(C2CCCC2)n1. The van der Waals surface area contributed by atoms with E-state index in [0.29, 0.717) is 24.9 Å². The first-order valence-electron chi connectivity index (χ1n) is 7.81. The van der Waals surface area contributed by atoms with Gasteiger partial charge in [-0.3, -0.25) is 14.3 Å². The van der Waals surface area contributed by atoms with Crippen molar-refractivity contribution in [1.29, 1.82) is 0 Å². The number of carbonyl (C=O) groups is 2. The Labute approximate surface area is 128 Å². The topological polar surface area (TPSA) is 84.7 Å². The average Bonchev–Trinajstić information content (AvgIpc) is 3.17. The largest absolute Gasteiger partial charge is 0.481 e. The van der Waals surface area contributed by atoms with Gasteiger partial charge in [-0.05, 0) is 18.9 Å². The number of hydrogen-bond donors (Lipinski definition) is 1. The Bertz CT molecular complexity index is 551. The van der Waals surface area contributed by atoms with E-state index >= 15 is 0 Å². The molecule has 1 aliphatic carbocycles. The maximum absolute atomic E-state index is 12.6. The molecule has 1 saturated carbocycles. The van der Waals surface area contributed by atoms with E-state index in [4.69, 9.17) is 9.84 Å². The Hall–Kier alpha value is -1.89. The van der Waals surface area contributed by atoms with Crippen molar-refractivity contribution in [3.05, 3.63) is 18.0 Å². The zero-order valence-corrected chi connectivity index (χ0v) is 12.5. The van der Waals surface area contributed by atoms with Crippen LogP contribution in [0.15, 0.2) is 12.3 Å². The Balaban J connectivity index is 1.72. The molecular weight excluding hydrogens is 286 g/mol. The third kappa shape index (κ3) is 3.14. The van der Waals surface area contributed by atoms with Crippen LogP contribution in [-0.2, 0) is 9.53 Å². The molecule has 7 nitrogen and oxygen atoms in total. The maximum atomic E-state index is 12.6. The lowest BCUT2D eigenvalue weighted by Gasteiger charge is -2.34. The van der Waals surface area contributed by atoms with Crippen molar-refractivity contribution in [3.63, 3.8) is 0 Å². The van der Waals surface area contributed by atoms with Crippen LogP contribution in [0.4, 0.5) is 0 Å². The van der Waals surface area contributed by atoms with Crippen LogP contribution in [0.25, 0.3) is 0 Å². The zero-order valence-electron chi connectivity index (χ0n) is 12.5. The second-order valence-electron chi connectivity index (χ2n) is 5.94. The van der Waals surface area contributed by atoms with Gasteiger partial charge in [-0.25, -0.2) is 0 Å². The fraction of sp³-hybridized carbons (Fsp3) is 0.667. The Kier molecular flexibility index (Phi) is 4.42. The van der Waals surface area contributed by atoms with E-state index in [1.54, 1.807) is 11.0 Å². The Morgan fingerprint density at radius 3 is 2.86 bits per heavy atom. The van der Waals surface area contributed by atoms with E-state index in [0.717, 1.165) is 12.8 Å². The predicted octanol–water partition coefficient (Wildman–Crippen LogP) is 1.31. The van der Waals surface area contributed by atoms with Crippen molar-refractivity contribution in [2.75, 3.05) is 19.8 Å². The molecule has 0 unspecified atom stereocenters. The first-order chi connectivity index (χ1) is 10.6. The van der Waals surface area contributed by atoms with Gasteiger partial charge in [0.1, 0.15) is 5.69 Å². The molecule has 2 heterocycles. The molecule has 1 aliphatic heterocycles. The summed E-state index contributed by atoms with van der Waals surface area (Å²) in [5, 5.41) is 13.4. The number of aromatic nitrogens is 2. The highest BCUT2D eigenvalue weighted by atomic mass is 16.5. The molecule has 2 aliphatic rings. The van der Waals surface area contributed by atoms with E-state index in [-0.39, 0.29) is 18.9 Å². The summed E-state index contributed by atoms with van der Waals surface area (Å²) in [6, 6.07) is 1.70. The van der Waals surface area contributed by atoms with E-state index < -0.39 is 12.0 Å². The van der Waals surface area contributed by atoms with Crippen molar-refractivity contribution in [2.45, 2.75) is 44.2 Å². The van der Waals surface area contributed by atoms with Gasteiger partial charge >= 0.3 is 5.97 Å². The minimum absolute atomic E-state index is 0.102. The monoisotopic (exact) mass is 307 g/mol. The van der Waals surface area contributed by atoms with E-state index in [2.05, 4.69) is 5.10 Å². The number of hydrogen-bond acceptors (Lipinski definition) is 4. The molecule has 1 aromatic rings. The van der Waals surface area contributed by atoms with Gasteiger partial charge in [-0.1, -0.05) is 12.8 Å². The molecule has 2 fully saturated rings. The van der Waals surface area contributed by atoms with Crippen LogP contribution in [0.2, 0.25) is 0 Å². The normalized spacial score (nSPS) is 22.9. The van der Waals surface area contributed by atoms with Gasteiger partial charge in [0, 0.05) is 12.7 Å². The first-order valence-corrected chi connectivity index (χ1v) is 7.81. The van der Waals surface area contributed by atoms with Gasteiger partial charge in [0.05, 0.1) is 31.7 Å². The molecule has 0 radical (unpaired) electrons. The second-order valence-corrected chi connectivity index (χ2v) is 5.94. The number of nitrogens with zero attached hydrogens (tertiary/aromatic N) is 3. The number of aliphatic carboxylic acids is 1. The van der Waals surface area contributed by atoms with E-state index in [9.17, 15) is 9.59 Å². The highest BCUT2D eigenvalue weighted by Crippen LogP contribution is 2.28. The molecule has 3 rings (SSSR count). The number of carbonyl (C=O) groups excluding carboxylic acids is 1. The fourth-order valence-electron chi connectivity index (χ4n) is 3.26. The summed E-state index contributed by atoms with van der Waals surface area (Å²) >= 11 is 0. The van der Waals surface area contributed by atoms with Crippen LogP contribution in [0, 0.1) is 0 Å². The summed E-state index contributed by atoms with van der Waals surface area (Å²) in [6.07, 6.45) is 6.38. The van der Waals surface area contributed by atoms with Crippen molar-refractivity contribution < 1.29 is 19.4 Å². The second kappa shape index (κ2) is 6.48. The molecule has 1 N–H and O–H groups in total. The minimum atomic E-state index is -0.926. The first kappa shape index (κ1) is 15.0. The number of amides is 1. The smallest absolute Gasteiger partial charge is 0.305 e. The van der Waals surface area contributed by atoms with Crippen LogP contribution in [-0.4, -0.2) is 57.5 Å². The van der Waals surface area contributed by atoms with Crippen molar-refractivity contribution in [1.82, 2.24) is 14.7 Å². The third-order valence-corrected chi connectivity index (χ3v) is 4.42. The Morgan fingerprint density at radius 1 is 1.36 bits per heavy atom. The fourth-order valence-corrected chi connectivity index (χ4v) is 3.26. The summed E-state index contributed by atoms with van der Waals surface area (Å²) in [5.74, 6) is -1.13. The summed E-state index contributed by atoms with van der Waals surface area (Å²) in [6.45, 7) is 1.11. The van der Waals surface area contributed by atoms with Crippen molar-refractivity contribution in [2.24, 2.45) is 0 Å². The Morgan fingerprint density at radius 2 is 2.14 bits per heavy atom. The lowest BCUT2D eigenvalue weighted by molar-refractivity contribution is -0.139. The lowest BCUT2D eigenvalue weighted by Crippen LogP contribution is -2.49. The molecule has 1 saturated heterocycles. The zero-order chi connectivity index (χ0) is 15.5. The summed E-state index contributed by atoms with van der Waals surface area (Å²) in [5.41, 5.74) is 0.393. The molecule has 22 heavy (non-hydrogen) atoms. The highest BCUT2D eigenvalue weighted by molar-refractivity contribution is 5.92. The number of carboxylic acids is 1. The van der Waals surface area contributed by atoms with Crippen LogP contribution in [0.1, 0.15) is 48.6 Å². The lowest BCUT2D eigenvalue weighted by atomic mass is 10.1. The van der Waals surface area contributed by atoms with Crippen LogP contribution in [0.5, 0.6) is 0 Å². The maximum Gasteiger partial charge on any atom is 0.305 e. The molecule has 1 atom stereocenters. The highest BCUT2D eigenvalue weighted by Gasteiger charge is 2.31. The summed E-state index contributed by atoms with van der Waals surface area (Å²) in [4.78, 5) is 25.1. The molecule has 1 amide bonds. The van der Waals surface area contributed by atoms with Crippen molar-refractivity contribution in [3.8, 4) is 0 Å². The van der Waals surface area contributed by atoms with Gasteiger partial charge in [-0.2, -0.15) is 5.10 Å². The van der Waals surface area contributed by atoms with Gasteiger partial charge in [0.15, 0.2) is 0 Å². The number of morpholine rings is 1. The van der Waals surface area contributed by atoms with Gasteiger partial charge in [0.25, 0.3) is 5.91 Å². The minimum Gasteiger partial charge on any atom is -0.481 e. The number of ether oxygens (including phenoxy) is 1. The number of rotatable bonds is 4. The van der Waals surface area contributed by atoms with Crippen LogP contribution >= 0.6 is 0 Å². The standard InChI is InChI=1S/C15H21N3O4/c19-14(20)9-12-10-22-8-7-17(12)15(21)13-5-6-18(16-13)11-3-1-2-4-11/h5-6,11-12H,1-4,7-10H2,(H,19,20)/t12-/m1/s1. The third-order valence-electron chi connectivity index (χ3n) is 4.42. The predicted molar refractivity (Wildman–Crippen MR) is 77.6 cm³/mol. The van der Waals surface area contributed by atoms with Crippen molar-refractivity contribution >= 4 is 11.9 Å². The van der Waals surface area contributed by atoms with Gasteiger partial charge in [0.2, 0.25) is 0 Å². The van der Waals surface area contributed by atoms with Crippen LogP contribution in [0.3, 0.4) is 0 Å². The summed E-state index contributed by atoms with van der Waals surface area (Å²) in [7, 11) is 0. The average molecular weight is 307 g/mol.